The molecule has 0 bridgehead atoms. The fourth-order valence-electron chi connectivity index (χ4n) is 1.99. The molecule has 0 fully saturated rings. The number of sulfonamides is 1. The average Bonchev–Trinajstić information content (AvgIpc) is 2.49. The van der Waals surface area contributed by atoms with Crippen molar-refractivity contribution in [3.63, 3.8) is 0 Å². The highest BCUT2D eigenvalue weighted by Gasteiger charge is 2.16. The second-order valence-electron chi connectivity index (χ2n) is 4.93. The Hall–Kier alpha value is -2.41. The quantitative estimate of drug-likeness (QED) is 0.850. The molecule has 1 amide bonds. The van der Waals surface area contributed by atoms with Crippen LogP contribution in [0.15, 0.2) is 48.5 Å². The van der Waals surface area contributed by atoms with E-state index in [0.29, 0.717) is 12.1 Å². The molecule has 7 heteroatoms. The van der Waals surface area contributed by atoms with Gasteiger partial charge >= 0.3 is 0 Å². The maximum atomic E-state index is 12.9. The van der Waals surface area contributed by atoms with Crippen LogP contribution in [0.3, 0.4) is 0 Å². The SMILES string of the molecule is CCCS(=O)(=O)Nc1ccccc1C(=O)Nc1ccc(F)cc1. The van der Waals surface area contributed by atoms with E-state index in [9.17, 15) is 17.6 Å². The fraction of sp³-hybridized carbons (Fsp3) is 0.188. The minimum atomic E-state index is -3.50. The Bertz CT molecular complexity index is 789. The number of benzene rings is 2. The van der Waals surface area contributed by atoms with Gasteiger partial charge in [-0.15, -0.1) is 0 Å². The largest absolute Gasteiger partial charge is 0.322 e. The molecular formula is C16H17FN2O3S. The van der Waals surface area contributed by atoms with Gasteiger partial charge in [-0.1, -0.05) is 19.1 Å². The van der Waals surface area contributed by atoms with Gasteiger partial charge in [0.1, 0.15) is 5.82 Å². The van der Waals surface area contributed by atoms with Crippen LogP contribution in [0.5, 0.6) is 0 Å². The minimum absolute atomic E-state index is 0.0269. The van der Waals surface area contributed by atoms with E-state index in [1.165, 1.54) is 36.4 Å². The van der Waals surface area contributed by atoms with E-state index in [2.05, 4.69) is 10.0 Å². The summed E-state index contributed by atoms with van der Waals surface area (Å²) >= 11 is 0. The molecule has 0 aliphatic heterocycles. The number of anilines is 2. The molecule has 0 unspecified atom stereocenters. The van der Waals surface area contributed by atoms with Gasteiger partial charge in [-0.25, -0.2) is 12.8 Å². The maximum Gasteiger partial charge on any atom is 0.257 e. The number of para-hydroxylation sites is 1. The monoisotopic (exact) mass is 336 g/mol. The predicted molar refractivity (Wildman–Crippen MR) is 88.5 cm³/mol. The third-order valence-corrected chi connectivity index (χ3v) is 4.49. The highest BCUT2D eigenvalue weighted by atomic mass is 32.2. The van der Waals surface area contributed by atoms with Crippen LogP contribution in [-0.2, 0) is 10.0 Å². The zero-order valence-corrected chi connectivity index (χ0v) is 13.4. The summed E-state index contributed by atoms with van der Waals surface area (Å²) in [5.74, 6) is -0.914. The Morgan fingerprint density at radius 2 is 1.74 bits per heavy atom. The van der Waals surface area contributed by atoms with Crippen molar-refractivity contribution < 1.29 is 17.6 Å². The first-order valence-electron chi connectivity index (χ1n) is 7.08. The second kappa shape index (κ2) is 7.23. The van der Waals surface area contributed by atoms with Gasteiger partial charge in [0.2, 0.25) is 10.0 Å². The zero-order valence-electron chi connectivity index (χ0n) is 12.5. The summed E-state index contributed by atoms with van der Waals surface area (Å²) in [7, 11) is -3.50. The van der Waals surface area contributed by atoms with Gasteiger partial charge in [-0.2, -0.15) is 0 Å². The van der Waals surface area contributed by atoms with Gasteiger partial charge < -0.3 is 5.32 Å². The highest BCUT2D eigenvalue weighted by molar-refractivity contribution is 7.92. The fourth-order valence-corrected chi connectivity index (χ4v) is 3.14. The highest BCUT2D eigenvalue weighted by Crippen LogP contribution is 2.19. The molecule has 0 atom stereocenters. The minimum Gasteiger partial charge on any atom is -0.322 e. The molecule has 2 N–H and O–H groups in total. The predicted octanol–water partition coefficient (Wildman–Crippen LogP) is 3.23. The summed E-state index contributed by atoms with van der Waals surface area (Å²) in [4.78, 5) is 12.3. The van der Waals surface area contributed by atoms with Crippen molar-refractivity contribution in [1.82, 2.24) is 0 Å². The van der Waals surface area contributed by atoms with Crippen molar-refractivity contribution in [2.24, 2.45) is 0 Å². The molecule has 0 aliphatic rings. The first-order chi connectivity index (χ1) is 10.9. The van der Waals surface area contributed by atoms with Gasteiger partial charge in [0.15, 0.2) is 0 Å². The van der Waals surface area contributed by atoms with Gasteiger partial charge in [-0.3, -0.25) is 9.52 Å². The number of halogens is 1. The number of amides is 1. The molecule has 0 aromatic heterocycles. The molecule has 2 aromatic carbocycles. The molecule has 0 saturated heterocycles. The average molecular weight is 336 g/mol. The lowest BCUT2D eigenvalue weighted by Crippen LogP contribution is -2.20. The van der Waals surface area contributed by atoms with E-state index in [1.807, 2.05) is 0 Å². The molecule has 2 rings (SSSR count). The van der Waals surface area contributed by atoms with Crippen LogP contribution < -0.4 is 10.0 Å². The summed E-state index contributed by atoms with van der Waals surface area (Å²) < 4.78 is 39.1. The van der Waals surface area contributed by atoms with Crippen molar-refractivity contribution in [3.8, 4) is 0 Å². The number of hydrogen-bond donors (Lipinski definition) is 2. The molecule has 0 radical (unpaired) electrons. The molecule has 0 spiro atoms. The van der Waals surface area contributed by atoms with Crippen LogP contribution in [0.2, 0.25) is 0 Å². The summed E-state index contributed by atoms with van der Waals surface area (Å²) in [6.45, 7) is 1.76. The molecule has 0 aliphatic carbocycles. The molecule has 0 heterocycles. The Labute approximate surface area is 134 Å². The normalized spacial score (nSPS) is 11.0. The van der Waals surface area contributed by atoms with Crippen molar-refractivity contribution in [1.29, 1.82) is 0 Å². The van der Waals surface area contributed by atoms with Crippen molar-refractivity contribution in [3.05, 3.63) is 59.9 Å². The summed E-state index contributed by atoms with van der Waals surface area (Å²) in [5, 5.41) is 2.60. The molecule has 23 heavy (non-hydrogen) atoms. The van der Waals surface area contributed by atoms with Gasteiger partial charge in [0.25, 0.3) is 5.91 Å². The van der Waals surface area contributed by atoms with Crippen LogP contribution in [-0.4, -0.2) is 20.1 Å². The topological polar surface area (TPSA) is 75.3 Å². The van der Waals surface area contributed by atoms with Gasteiger partial charge in [0.05, 0.1) is 17.0 Å². The zero-order chi connectivity index (χ0) is 16.9. The second-order valence-corrected chi connectivity index (χ2v) is 6.77. The molecular weight excluding hydrogens is 319 g/mol. The van der Waals surface area contributed by atoms with Crippen LogP contribution in [0, 0.1) is 5.82 Å². The Morgan fingerprint density at radius 1 is 1.09 bits per heavy atom. The van der Waals surface area contributed by atoms with E-state index in [1.54, 1.807) is 19.1 Å². The van der Waals surface area contributed by atoms with Crippen LogP contribution in [0.1, 0.15) is 23.7 Å². The number of nitrogens with one attached hydrogen (secondary N) is 2. The standard InChI is InChI=1S/C16H17FN2O3S/c1-2-11-23(21,22)19-15-6-4-3-5-14(15)16(20)18-13-9-7-12(17)8-10-13/h3-10,19H,2,11H2,1H3,(H,18,20). The first-order valence-corrected chi connectivity index (χ1v) is 8.73. The van der Waals surface area contributed by atoms with Crippen LogP contribution in [0.4, 0.5) is 15.8 Å². The molecule has 122 valence electrons. The van der Waals surface area contributed by atoms with E-state index >= 15 is 0 Å². The van der Waals surface area contributed by atoms with Crippen LogP contribution in [0.25, 0.3) is 0 Å². The van der Waals surface area contributed by atoms with E-state index in [0.717, 1.165) is 0 Å². The Morgan fingerprint density at radius 3 is 2.39 bits per heavy atom. The Balaban J connectivity index is 2.22. The lowest BCUT2D eigenvalue weighted by Gasteiger charge is -2.12. The third-order valence-electron chi connectivity index (χ3n) is 3.01. The van der Waals surface area contributed by atoms with E-state index < -0.39 is 21.7 Å². The summed E-state index contributed by atoms with van der Waals surface area (Å²) in [5.41, 5.74) is 0.819. The summed E-state index contributed by atoms with van der Waals surface area (Å²) in [6, 6.07) is 11.6. The molecule has 5 nitrogen and oxygen atoms in total. The molecule has 2 aromatic rings. The first kappa shape index (κ1) is 17.0. The lowest BCUT2D eigenvalue weighted by molar-refractivity contribution is 0.102. The van der Waals surface area contributed by atoms with E-state index in [4.69, 9.17) is 0 Å². The van der Waals surface area contributed by atoms with Gasteiger partial charge in [-0.05, 0) is 42.8 Å². The third kappa shape index (κ3) is 4.79. The van der Waals surface area contributed by atoms with Crippen molar-refractivity contribution in [2.45, 2.75) is 13.3 Å². The Kier molecular flexibility index (Phi) is 5.33. The number of carbonyl (C=O) groups excluding carboxylic acids is 1. The van der Waals surface area contributed by atoms with Crippen molar-refractivity contribution in [2.75, 3.05) is 15.8 Å². The smallest absolute Gasteiger partial charge is 0.257 e. The van der Waals surface area contributed by atoms with Crippen molar-refractivity contribution >= 4 is 27.3 Å². The maximum absolute atomic E-state index is 12.9. The van der Waals surface area contributed by atoms with Crippen LogP contribution >= 0.6 is 0 Å². The summed E-state index contributed by atoms with van der Waals surface area (Å²) in [6.07, 6.45) is 0.472. The molecule has 0 saturated carbocycles. The number of rotatable bonds is 6. The number of hydrogen-bond acceptors (Lipinski definition) is 3. The van der Waals surface area contributed by atoms with E-state index in [-0.39, 0.29) is 17.0 Å². The number of carbonyl (C=O) groups is 1. The lowest BCUT2D eigenvalue weighted by atomic mass is 10.1. The van der Waals surface area contributed by atoms with Gasteiger partial charge in [0, 0.05) is 5.69 Å².